The smallest absolute Gasteiger partial charge is 0.307 e. The fourth-order valence-electron chi connectivity index (χ4n) is 4.87. The summed E-state index contributed by atoms with van der Waals surface area (Å²) in [7, 11) is 0. The topological polar surface area (TPSA) is 113 Å². The SMILES string of the molecule is O=C(O)CC1Oc2ccc(NC(=O)CCCNc3ccccn3)cc2NC1CC1CCCCC1. The highest BCUT2D eigenvalue weighted by Crippen LogP contribution is 2.38. The normalized spacial score (nSPS) is 19.9. The Morgan fingerprint density at radius 1 is 1.15 bits per heavy atom. The van der Waals surface area contributed by atoms with Gasteiger partial charge >= 0.3 is 5.97 Å². The van der Waals surface area contributed by atoms with E-state index in [1.807, 2.05) is 24.3 Å². The summed E-state index contributed by atoms with van der Waals surface area (Å²) in [5.41, 5.74) is 1.50. The molecule has 2 aliphatic rings. The number of hydrogen-bond acceptors (Lipinski definition) is 6. The lowest BCUT2D eigenvalue weighted by Gasteiger charge is -2.37. The molecular weight excluding hydrogens is 432 g/mol. The summed E-state index contributed by atoms with van der Waals surface area (Å²) in [6.45, 7) is 0.665. The number of nitrogens with zero attached hydrogens (tertiary/aromatic N) is 1. The first-order valence-corrected chi connectivity index (χ1v) is 12.3. The lowest BCUT2D eigenvalue weighted by Crippen LogP contribution is -2.44. The van der Waals surface area contributed by atoms with Gasteiger partial charge in [0.15, 0.2) is 0 Å². The van der Waals surface area contributed by atoms with E-state index in [0.29, 0.717) is 36.7 Å². The van der Waals surface area contributed by atoms with Crippen LogP contribution in [0.15, 0.2) is 42.6 Å². The predicted octanol–water partition coefficient (Wildman–Crippen LogP) is 4.90. The Hall–Kier alpha value is -3.29. The number of nitrogens with one attached hydrogen (secondary N) is 3. The largest absolute Gasteiger partial charge is 0.486 e. The lowest BCUT2D eigenvalue weighted by atomic mass is 9.83. The van der Waals surface area contributed by atoms with Crippen LogP contribution in [-0.2, 0) is 9.59 Å². The molecule has 1 amide bonds. The van der Waals surface area contributed by atoms with Crippen molar-refractivity contribution in [1.29, 1.82) is 0 Å². The summed E-state index contributed by atoms with van der Waals surface area (Å²) >= 11 is 0. The number of ether oxygens (including phenoxy) is 1. The van der Waals surface area contributed by atoms with Gasteiger partial charge in [-0.3, -0.25) is 9.59 Å². The minimum Gasteiger partial charge on any atom is -0.486 e. The highest BCUT2D eigenvalue weighted by Gasteiger charge is 2.33. The molecule has 4 N–H and O–H groups in total. The molecule has 8 nitrogen and oxygen atoms in total. The van der Waals surface area contributed by atoms with Crippen LogP contribution >= 0.6 is 0 Å². The molecule has 182 valence electrons. The number of carbonyl (C=O) groups is 2. The number of aromatic nitrogens is 1. The van der Waals surface area contributed by atoms with Gasteiger partial charge in [-0.15, -0.1) is 0 Å². The van der Waals surface area contributed by atoms with Gasteiger partial charge < -0.3 is 25.8 Å². The van der Waals surface area contributed by atoms with E-state index in [9.17, 15) is 14.7 Å². The van der Waals surface area contributed by atoms with Crippen LogP contribution in [0.1, 0.15) is 57.8 Å². The van der Waals surface area contributed by atoms with Crippen molar-refractivity contribution in [1.82, 2.24) is 4.98 Å². The molecule has 34 heavy (non-hydrogen) atoms. The monoisotopic (exact) mass is 466 g/mol. The van der Waals surface area contributed by atoms with Crippen molar-refractivity contribution in [3.05, 3.63) is 42.6 Å². The first kappa shape index (κ1) is 23.9. The number of aliphatic carboxylic acids is 1. The van der Waals surface area contributed by atoms with E-state index in [1.165, 1.54) is 32.1 Å². The predicted molar refractivity (Wildman–Crippen MR) is 132 cm³/mol. The molecule has 1 aromatic heterocycles. The molecule has 2 unspecified atom stereocenters. The van der Waals surface area contributed by atoms with E-state index >= 15 is 0 Å². The average molecular weight is 467 g/mol. The first-order valence-electron chi connectivity index (χ1n) is 12.3. The molecular formula is C26H34N4O4. The zero-order valence-corrected chi connectivity index (χ0v) is 19.5. The van der Waals surface area contributed by atoms with E-state index in [2.05, 4.69) is 20.9 Å². The number of carbonyl (C=O) groups excluding carboxylic acids is 1. The van der Waals surface area contributed by atoms with E-state index in [-0.39, 0.29) is 18.4 Å². The number of carboxylic acids is 1. The van der Waals surface area contributed by atoms with Gasteiger partial charge in [-0.05, 0) is 49.1 Å². The summed E-state index contributed by atoms with van der Waals surface area (Å²) in [4.78, 5) is 28.0. The number of fused-ring (bicyclic) bond motifs is 1. The molecule has 1 fully saturated rings. The second-order valence-corrected chi connectivity index (χ2v) is 9.25. The molecule has 1 aliphatic carbocycles. The summed E-state index contributed by atoms with van der Waals surface area (Å²) in [5, 5.41) is 19.1. The van der Waals surface area contributed by atoms with Gasteiger partial charge in [0, 0.05) is 24.8 Å². The van der Waals surface area contributed by atoms with Gasteiger partial charge in [-0.1, -0.05) is 38.2 Å². The Morgan fingerprint density at radius 3 is 2.76 bits per heavy atom. The number of amides is 1. The second-order valence-electron chi connectivity index (χ2n) is 9.25. The fraction of sp³-hybridized carbons (Fsp3) is 0.500. The quantitative estimate of drug-likeness (QED) is 0.368. The summed E-state index contributed by atoms with van der Waals surface area (Å²) in [5.74, 6) is 1.11. The number of rotatable bonds is 10. The minimum atomic E-state index is -0.856. The Balaban J connectivity index is 1.32. The molecule has 1 aliphatic heterocycles. The highest BCUT2D eigenvalue weighted by molar-refractivity contribution is 5.91. The standard InChI is InChI=1S/C26H34N4O4/c31-25(10-6-14-28-24-9-4-5-13-27-24)29-19-11-12-22-21(16-19)30-20(23(34-22)17-26(32)33)15-18-7-2-1-3-8-18/h4-5,9,11-13,16,18,20,23,30H,1-3,6-8,10,14-15,17H2,(H,27,28)(H,29,31)(H,32,33). The van der Waals surface area contributed by atoms with E-state index in [1.54, 1.807) is 18.3 Å². The Bertz CT molecular complexity index is 963. The van der Waals surface area contributed by atoms with Crippen molar-refractivity contribution >= 4 is 29.1 Å². The number of pyridine rings is 1. The highest BCUT2D eigenvalue weighted by atomic mass is 16.5. The molecule has 2 atom stereocenters. The van der Waals surface area contributed by atoms with Crippen molar-refractivity contribution in [2.45, 2.75) is 69.9 Å². The Morgan fingerprint density at radius 2 is 2.00 bits per heavy atom. The van der Waals surface area contributed by atoms with Crippen LogP contribution in [0, 0.1) is 5.92 Å². The third-order valence-electron chi connectivity index (χ3n) is 6.57. The molecule has 0 bridgehead atoms. The summed E-state index contributed by atoms with van der Waals surface area (Å²) in [6, 6.07) is 11.1. The van der Waals surface area contributed by atoms with Crippen molar-refractivity contribution in [3.8, 4) is 5.75 Å². The fourth-order valence-corrected chi connectivity index (χ4v) is 4.87. The maximum Gasteiger partial charge on any atom is 0.307 e. The molecule has 1 aromatic carbocycles. The molecule has 0 radical (unpaired) electrons. The van der Waals surface area contributed by atoms with Crippen LogP contribution in [-0.4, -0.2) is 40.7 Å². The molecule has 0 spiro atoms. The number of anilines is 3. The van der Waals surface area contributed by atoms with Crippen LogP contribution in [0.3, 0.4) is 0 Å². The van der Waals surface area contributed by atoms with E-state index in [4.69, 9.17) is 4.74 Å². The number of carboxylic acid groups (broad SMARTS) is 1. The van der Waals surface area contributed by atoms with Gasteiger partial charge in [-0.25, -0.2) is 4.98 Å². The number of hydrogen-bond donors (Lipinski definition) is 4. The molecule has 4 rings (SSSR count). The van der Waals surface area contributed by atoms with Crippen LogP contribution in [0.4, 0.5) is 17.2 Å². The van der Waals surface area contributed by atoms with Crippen molar-refractivity contribution in [2.75, 3.05) is 22.5 Å². The molecule has 1 saturated carbocycles. The van der Waals surface area contributed by atoms with E-state index < -0.39 is 12.1 Å². The minimum absolute atomic E-state index is 0.0329. The van der Waals surface area contributed by atoms with Crippen LogP contribution in [0.2, 0.25) is 0 Å². The van der Waals surface area contributed by atoms with Crippen molar-refractivity contribution < 1.29 is 19.4 Å². The van der Waals surface area contributed by atoms with Crippen LogP contribution in [0.5, 0.6) is 5.75 Å². The molecule has 8 heteroatoms. The van der Waals surface area contributed by atoms with Crippen LogP contribution in [0.25, 0.3) is 0 Å². The summed E-state index contributed by atoms with van der Waals surface area (Å²) in [6.07, 6.45) is 9.43. The molecule has 2 aromatic rings. The van der Waals surface area contributed by atoms with Crippen molar-refractivity contribution in [3.63, 3.8) is 0 Å². The molecule has 0 saturated heterocycles. The first-order chi connectivity index (χ1) is 16.6. The van der Waals surface area contributed by atoms with Gasteiger partial charge in [-0.2, -0.15) is 0 Å². The Kier molecular flexibility index (Phi) is 8.22. The van der Waals surface area contributed by atoms with E-state index in [0.717, 1.165) is 17.9 Å². The number of benzene rings is 1. The van der Waals surface area contributed by atoms with Gasteiger partial charge in [0.1, 0.15) is 17.7 Å². The van der Waals surface area contributed by atoms with Gasteiger partial charge in [0.05, 0.1) is 18.2 Å². The molecule has 2 heterocycles. The van der Waals surface area contributed by atoms with Gasteiger partial charge in [0.2, 0.25) is 5.91 Å². The van der Waals surface area contributed by atoms with Crippen molar-refractivity contribution in [2.24, 2.45) is 5.92 Å². The summed E-state index contributed by atoms with van der Waals surface area (Å²) < 4.78 is 6.11. The third kappa shape index (κ3) is 6.85. The zero-order valence-electron chi connectivity index (χ0n) is 19.5. The van der Waals surface area contributed by atoms with Gasteiger partial charge in [0.25, 0.3) is 0 Å². The third-order valence-corrected chi connectivity index (χ3v) is 6.57. The average Bonchev–Trinajstić information content (AvgIpc) is 2.83. The zero-order chi connectivity index (χ0) is 23.8. The Labute approximate surface area is 200 Å². The maximum absolute atomic E-state index is 12.4. The lowest BCUT2D eigenvalue weighted by molar-refractivity contribution is -0.139. The second kappa shape index (κ2) is 11.7. The van der Waals surface area contributed by atoms with Crippen LogP contribution < -0.4 is 20.7 Å². The maximum atomic E-state index is 12.4.